The topological polar surface area (TPSA) is 53.5 Å². The smallest absolute Gasteiger partial charge is 0.142 e. The fourth-order valence-electron chi connectivity index (χ4n) is 3.92. The quantitative estimate of drug-likeness (QED) is 0.861. The van der Waals surface area contributed by atoms with E-state index in [9.17, 15) is 0 Å². The fourth-order valence-corrected chi connectivity index (χ4v) is 3.92. The van der Waals surface area contributed by atoms with Crippen LogP contribution in [0.15, 0.2) is 36.7 Å². The predicted octanol–water partition coefficient (Wildman–Crippen LogP) is 3.02. The molecule has 2 aliphatic rings. The van der Waals surface area contributed by atoms with Crippen LogP contribution in [-0.4, -0.2) is 49.8 Å². The average Bonchev–Trinajstić information content (AvgIpc) is 3.39. The lowest BCUT2D eigenvalue weighted by Gasteiger charge is -2.21. The highest BCUT2D eigenvalue weighted by atomic mass is 16.5. The van der Waals surface area contributed by atoms with Crippen molar-refractivity contribution in [1.29, 1.82) is 0 Å². The van der Waals surface area contributed by atoms with Gasteiger partial charge in [0.2, 0.25) is 0 Å². The van der Waals surface area contributed by atoms with Crippen LogP contribution in [0.5, 0.6) is 5.75 Å². The van der Waals surface area contributed by atoms with Crippen molar-refractivity contribution in [3.63, 3.8) is 0 Å². The van der Waals surface area contributed by atoms with E-state index in [2.05, 4.69) is 43.3 Å². The van der Waals surface area contributed by atoms with Crippen LogP contribution in [0.25, 0.3) is 0 Å². The number of para-hydroxylation sites is 2. The van der Waals surface area contributed by atoms with E-state index in [1.54, 1.807) is 13.4 Å². The molecule has 0 bridgehead atoms. The molecule has 138 valence electrons. The molecule has 2 fully saturated rings. The summed E-state index contributed by atoms with van der Waals surface area (Å²) in [4.78, 5) is 13.6. The molecule has 0 amide bonds. The normalized spacial score (nSPS) is 19.8. The summed E-state index contributed by atoms with van der Waals surface area (Å²) in [6, 6.07) is 10.3. The molecule has 6 nitrogen and oxygen atoms in total. The third kappa shape index (κ3) is 3.69. The van der Waals surface area contributed by atoms with Crippen LogP contribution in [0, 0.1) is 5.92 Å². The van der Waals surface area contributed by atoms with E-state index in [-0.39, 0.29) is 0 Å². The second-order valence-electron chi connectivity index (χ2n) is 7.11. The molecule has 26 heavy (non-hydrogen) atoms. The van der Waals surface area contributed by atoms with Gasteiger partial charge in [-0.25, -0.2) is 9.97 Å². The molecular formula is C20H27N5O. The maximum Gasteiger partial charge on any atom is 0.142 e. The highest BCUT2D eigenvalue weighted by molar-refractivity contribution is 5.59. The summed E-state index contributed by atoms with van der Waals surface area (Å²) in [5, 5.41) is 3.52. The minimum Gasteiger partial charge on any atom is -0.495 e. The molecule has 4 rings (SSSR count). The minimum atomic E-state index is 0.602. The molecule has 1 unspecified atom stereocenters. The number of hydrogen-bond donors (Lipinski definition) is 1. The summed E-state index contributed by atoms with van der Waals surface area (Å²) < 4.78 is 5.51. The average molecular weight is 353 g/mol. The Hall–Kier alpha value is -2.50. The van der Waals surface area contributed by atoms with Crippen molar-refractivity contribution in [2.75, 3.05) is 55.0 Å². The molecule has 0 aliphatic carbocycles. The first-order valence-electron chi connectivity index (χ1n) is 9.52. The van der Waals surface area contributed by atoms with Crippen molar-refractivity contribution in [2.45, 2.75) is 19.3 Å². The molecule has 0 saturated carbocycles. The van der Waals surface area contributed by atoms with Gasteiger partial charge in [0.1, 0.15) is 23.7 Å². The number of rotatable bonds is 6. The molecular weight excluding hydrogens is 326 g/mol. The van der Waals surface area contributed by atoms with Crippen LogP contribution in [-0.2, 0) is 0 Å². The van der Waals surface area contributed by atoms with Gasteiger partial charge in [0, 0.05) is 38.8 Å². The lowest BCUT2D eigenvalue weighted by atomic mass is 10.1. The number of ether oxygens (including phenoxy) is 1. The zero-order chi connectivity index (χ0) is 17.8. The number of methoxy groups -OCH3 is 1. The number of nitrogens with one attached hydrogen (secondary N) is 1. The van der Waals surface area contributed by atoms with Gasteiger partial charge in [0.15, 0.2) is 0 Å². The van der Waals surface area contributed by atoms with E-state index >= 15 is 0 Å². The van der Waals surface area contributed by atoms with E-state index in [0.29, 0.717) is 5.92 Å². The monoisotopic (exact) mass is 353 g/mol. The van der Waals surface area contributed by atoms with Crippen molar-refractivity contribution in [3.05, 3.63) is 36.7 Å². The molecule has 2 aliphatic heterocycles. The Bertz CT molecular complexity index is 732. The number of hydrogen-bond acceptors (Lipinski definition) is 6. The zero-order valence-corrected chi connectivity index (χ0v) is 15.4. The molecule has 3 heterocycles. The van der Waals surface area contributed by atoms with Gasteiger partial charge in [-0.3, -0.25) is 0 Å². The summed E-state index contributed by atoms with van der Waals surface area (Å²) in [5.41, 5.74) is 1.19. The predicted molar refractivity (Wildman–Crippen MR) is 105 cm³/mol. The molecule has 2 aromatic rings. The van der Waals surface area contributed by atoms with Gasteiger partial charge in [0.25, 0.3) is 0 Å². The Labute approximate surface area is 155 Å². The second-order valence-corrected chi connectivity index (χ2v) is 7.11. The third-order valence-corrected chi connectivity index (χ3v) is 5.37. The molecule has 1 aromatic carbocycles. The molecule has 0 radical (unpaired) electrons. The van der Waals surface area contributed by atoms with Crippen molar-refractivity contribution in [1.82, 2.24) is 9.97 Å². The van der Waals surface area contributed by atoms with Crippen LogP contribution in [0.3, 0.4) is 0 Å². The first-order valence-corrected chi connectivity index (χ1v) is 9.52. The van der Waals surface area contributed by atoms with Gasteiger partial charge >= 0.3 is 0 Å². The summed E-state index contributed by atoms with van der Waals surface area (Å²) in [7, 11) is 1.74. The van der Waals surface area contributed by atoms with Crippen LogP contribution in [0.1, 0.15) is 19.3 Å². The summed E-state index contributed by atoms with van der Waals surface area (Å²) in [6.07, 6.45) is 5.36. The van der Waals surface area contributed by atoms with Crippen LogP contribution in [0.2, 0.25) is 0 Å². The van der Waals surface area contributed by atoms with E-state index < -0.39 is 0 Å². The number of anilines is 3. The van der Waals surface area contributed by atoms with Crippen molar-refractivity contribution < 1.29 is 4.74 Å². The Morgan fingerprint density at radius 1 is 1.12 bits per heavy atom. The minimum absolute atomic E-state index is 0.602. The van der Waals surface area contributed by atoms with E-state index in [4.69, 9.17) is 4.74 Å². The van der Waals surface area contributed by atoms with Gasteiger partial charge < -0.3 is 19.9 Å². The highest BCUT2D eigenvalue weighted by Gasteiger charge is 2.24. The van der Waals surface area contributed by atoms with Gasteiger partial charge in [-0.05, 0) is 37.3 Å². The zero-order valence-electron chi connectivity index (χ0n) is 15.4. The van der Waals surface area contributed by atoms with E-state index in [0.717, 1.165) is 50.1 Å². The summed E-state index contributed by atoms with van der Waals surface area (Å²) >= 11 is 0. The van der Waals surface area contributed by atoms with Crippen LogP contribution >= 0.6 is 0 Å². The fraction of sp³-hybridized carbons (Fsp3) is 0.500. The Morgan fingerprint density at radius 2 is 1.96 bits per heavy atom. The Kier molecular flexibility index (Phi) is 5.09. The second kappa shape index (κ2) is 7.81. The van der Waals surface area contributed by atoms with Crippen LogP contribution in [0.4, 0.5) is 17.3 Å². The molecule has 0 spiro atoms. The first-order chi connectivity index (χ1) is 12.8. The SMILES string of the molecule is COc1ccccc1N1CCC(CNc2cc(N3CCCC3)ncn2)C1. The maximum atomic E-state index is 5.51. The van der Waals surface area contributed by atoms with Gasteiger partial charge in [-0.1, -0.05) is 12.1 Å². The summed E-state index contributed by atoms with van der Waals surface area (Å²) in [6.45, 7) is 5.24. The summed E-state index contributed by atoms with van der Waals surface area (Å²) in [5.74, 6) is 3.52. The lowest BCUT2D eigenvalue weighted by Crippen LogP contribution is -2.23. The number of nitrogens with zero attached hydrogens (tertiary/aromatic N) is 4. The highest BCUT2D eigenvalue weighted by Crippen LogP contribution is 2.32. The molecule has 6 heteroatoms. The Morgan fingerprint density at radius 3 is 2.81 bits per heavy atom. The third-order valence-electron chi connectivity index (χ3n) is 5.37. The van der Waals surface area contributed by atoms with Crippen LogP contribution < -0.4 is 19.9 Å². The first kappa shape index (κ1) is 16.9. The molecule has 1 aromatic heterocycles. The van der Waals surface area contributed by atoms with Crippen molar-refractivity contribution >= 4 is 17.3 Å². The van der Waals surface area contributed by atoms with Crippen molar-refractivity contribution in [3.8, 4) is 5.75 Å². The molecule has 1 N–H and O–H groups in total. The van der Waals surface area contributed by atoms with E-state index in [1.165, 1.54) is 24.9 Å². The molecule has 2 saturated heterocycles. The van der Waals surface area contributed by atoms with E-state index in [1.807, 2.05) is 12.1 Å². The standard InChI is InChI=1S/C20H27N5O/c1-26-18-7-3-2-6-17(18)25-11-8-16(14-25)13-21-19-12-20(23-15-22-19)24-9-4-5-10-24/h2-3,6-7,12,15-16H,4-5,8-11,13-14H2,1H3,(H,21,22,23). The number of aromatic nitrogens is 2. The van der Waals surface area contributed by atoms with Gasteiger partial charge in [-0.15, -0.1) is 0 Å². The number of benzene rings is 1. The Balaban J connectivity index is 1.34. The van der Waals surface area contributed by atoms with Gasteiger partial charge in [-0.2, -0.15) is 0 Å². The molecule has 1 atom stereocenters. The maximum absolute atomic E-state index is 5.51. The van der Waals surface area contributed by atoms with Crippen molar-refractivity contribution in [2.24, 2.45) is 5.92 Å². The lowest BCUT2D eigenvalue weighted by molar-refractivity contribution is 0.414. The largest absolute Gasteiger partial charge is 0.495 e. The van der Waals surface area contributed by atoms with Gasteiger partial charge in [0.05, 0.1) is 12.8 Å².